The van der Waals surface area contributed by atoms with Crippen LogP contribution in [-0.4, -0.2) is 17.0 Å². The third-order valence-electron chi connectivity index (χ3n) is 3.16. The second kappa shape index (κ2) is 5.26. The number of benzene rings is 1. The highest BCUT2D eigenvalue weighted by molar-refractivity contribution is 5.97. The zero-order valence-corrected chi connectivity index (χ0v) is 11.5. The number of hydrogen-bond donors (Lipinski definition) is 1. The summed E-state index contributed by atoms with van der Waals surface area (Å²) in [5.41, 5.74) is 1.89. The van der Waals surface area contributed by atoms with Gasteiger partial charge in [-0.15, -0.1) is 0 Å². The van der Waals surface area contributed by atoms with Gasteiger partial charge in [0.2, 0.25) is 5.43 Å². The van der Waals surface area contributed by atoms with Crippen LogP contribution < -0.4 is 10.7 Å². The Kier molecular flexibility index (Phi) is 3.69. The van der Waals surface area contributed by atoms with Gasteiger partial charge in [-0.3, -0.25) is 9.59 Å². The second-order valence-corrected chi connectivity index (χ2v) is 4.54. The highest BCUT2D eigenvalue weighted by Gasteiger charge is 2.14. The summed E-state index contributed by atoms with van der Waals surface area (Å²) in [5.74, 6) is -0.307. The van der Waals surface area contributed by atoms with Crippen LogP contribution in [0.2, 0.25) is 0 Å². The summed E-state index contributed by atoms with van der Waals surface area (Å²) >= 11 is 0. The smallest absolute Gasteiger partial charge is 0.256 e. The van der Waals surface area contributed by atoms with Gasteiger partial charge in [-0.2, -0.15) is 0 Å². The van der Waals surface area contributed by atoms with Gasteiger partial charge in [-0.25, -0.2) is 0 Å². The molecule has 0 saturated heterocycles. The van der Waals surface area contributed by atoms with Crippen LogP contribution in [0.4, 0.5) is 0 Å². The van der Waals surface area contributed by atoms with Gasteiger partial charge in [-0.05, 0) is 32.9 Å². The molecule has 1 aromatic heterocycles. The van der Waals surface area contributed by atoms with E-state index in [9.17, 15) is 9.59 Å². The summed E-state index contributed by atoms with van der Waals surface area (Å²) in [6.07, 6.45) is 1.64. The zero-order valence-electron chi connectivity index (χ0n) is 11.5. The summed E-state index contributed by atoms with van der Waals surface area (Å²) in [6.45, 7) is 6.99. The molecular formula is C15H18N2O2. The molecule has 4 nitrogen and oxygen atoms in total. The van der Waals surface area contributed by atoms with E-state index in [1.54, 1.807) is 6.20 Å². The molecular weight excluding hydrogens is 240 g/mol. The molecule has 1 N–H and O–H groups in total. The van der Waals surface area contributed by atoms with Crippen LogP contribution in [-0.2, 0) is 6.54 Å². The number of nitrogens with one attached hydrogen (secondary N) is 1. The Labute approximate surface area is 112 Å². The summed E-state index contributed by atoms with van der Waals surface area (Å²) in [7, 11) is 0. The van der Waals surface area contributed by atoms with Crippen molar-refractivity contribution in [3.63, 3.8) is 0 Å². The third kappa shape index (κ3) is 2.38. The van der Waals surface area contributed by atoms with Crippen molar-refractivity contribution in [2.45, 2.75) is 27.3 Å². The molecule has 0 aliphatic heterocycles. The monoisotopic (exact) mass is 258 g/mol. The standard InChI is InChI=1S/C15H18N2O2/c1-4-16-15(19)12-9-17(5-2)13-7-6-10(3)8-11(13)14(12)18/h6-9H,4-5H2,1-3H3,(H,16,19). The van der Waals surface area contributed by atoms with Gasteiger partial charge in [-0.1, -0.05) is 11.6 Å². The molecule has 0 aliphatic carbocycles. The quantitative estimate of drug-likeness (QED) is 0.916. The van der Waals surface area contributed by atoms with E-state index in [0.717, 1.165) is 11.1 Å². The van der Waals surface area contributed by atoms with Gasteiger partial charge in [0.15, 0.2) is 0 Å². The van der Waals surface area contributed by atoms with Crippen LogP contribution in [0.5, 0.6) is 0 Å². The van der Waals surface area contributed by atoms with Crippen LogP contribution in [0.3, 0.4) is 0 Å². The van der Waals surface area contributed by atoms with Crippen LogP contribution in [0.25, 0.3) is 10.9 Å². The zero-order chi connectivity index (χ0) is 14.0. The molecule has 0 spiro atoms. The van der Waals surface area contributed by atoms with E-state index in [1.165, 1.54) is 0 Å². The van der Waals surface area contributed by atoms with E-state index in [1.807, 2.05) is 43.5 Å². The predicted molar refractivity (Wildman–Crippen MR) is 76.6 cm³/mol. The molecule has 4 heteroatoms. The maximum Gasteiger partial charge on any atom is 0.256 e. The molecule has 19 heavy (non-hydrogen) atoms. The number of nitrogens with zero attached hydrogens (tertiary/aromatic N) is 1. The van der Waals surface area contributed by atoms with Gasteiger partial charge >= 0.3 is 0 Å². The first kappa shape index (κ1) is 13.3. The molecule has 0 fully saturated rings. The number of fused-ring (bicyclic) bond motifs is 1. The Morgan fingerprint density at radius 1 is 1.32 bits per heavy atom. The van der Waals surface area contributed by atoms with Crippen molar-refractivity contribution in [2.75, 3.05) is 6.54 Å². The minimum atomic E-state index is -0.307. The van der Waals surface area contributed by atoms with Gasteiger partial charge in [0.25, 0.3) is 5.91 Å². The number of rotatable bonds is 3. The number of aromatic nitrogens is 1. The van der Waals surface area contributed by atoms with Crippen molar-refractivity contribution >= 4 is 16.8 Å². The van der Waals surface area contributed by atoms with Crippen molar-refractivity contribution in [3.05, 3.63) is 45.7 Å². The number of carbonyl (C=O) groups is 1. The molecule has 0 atom stereocenters. The first-order valence-corrected chi connectivity index (χ1v) is 6.50. The number of amides is 1. The summed E-state index contributed by atoms with van der Waals surface area (Å²) in [6, 6.07) is 5.74. The predicted octanol–water partition coefficient (Wildman–Crippen LogP) is 2.08. The second-order valence-electron chi connectivity index (χ2n) is 4.54. The van der Waals surface area contributed by atoms with E-state index >= 15 is 0 Å². The lowest BCUT2D eigenvalue weighted by atomic mass is 10.1. The van der Waals surface area contributed by atoms with Crippen molar-refractivity contribution in [3.8, 4) is 0 Å². The molecule has 1 heterocycles. The van der Waals surface area contributed by atoms with Crippen molar-refractivity contribution in [2.24, 2.45) is 0 Å². The summed E-state index contributed by atoms with van der Waals surface area (Å²) in [5, 5.41) is 3.28. The van der Waals surface area contributed by atoms with Crippen molar-refractivity contribution in [1.29, 1.82) is 0 Å². The first-order valence-electron chi connectivity index (χ1n) is 6.50. The fourth-order valence-electron chi connectivity index (χ4n) is 2.19. The van der Waals surface area contributed by atoms with Gasteiger partial charge in [0, 0.05) is 24.7 Å². The summed E-state index contributed by atoms with van der Waals surface area (Å²) in [4.78, 5) is 24.3. The number of aryl methyl sites for hydroxylation is 2. The fourth-order valence-corrected chi connectivity index (χ4v) is 2.19. The molecule has 0 aliphatic rings. The van der Waals surface area contributed by atoms with Crippen molar-refractivity contribution in [1.82, 2.24) is 9.88 Å². The fraction of sp³-hybridized carbons (Fsp3) is 0.333. The number of pyridine rings is 1. The van der Waals surface area contributed by atoms with E-state index < -0.39 is 0 Å². The Hall–Kier alpha value is -2.10. The van der Waals surface area contributed by atoms with Crippen LogP contribution in [0, 0.1) is 6.92 Å². The molecule has 0 bridgehead atoms. The SMILES string of the molecule is CCNC(=O)c1cn(CC)c2ccc(C)cc2c1=O. The topological polar surface area (TPSA) is 51.1 Å². The van der Waals surface area contributed by atoms with Crippen molar-refractivity contribution < 1.29 is 4.79 Å². The Balaban J connectivity index is 2.77. The molecule has 0 radical (unpaired) electrons. The Morgan fingerprint density at radius 2 is 2.05 bits per heavy atom. The van der Waals surface area contributed by atoms with Gasteiger partial charge < -0.3 is 9.88 Å². The van der Waals surface area contributed by atoms with Crippen LogP contribution in [0.1, 0.15) is 29.8 Å². The molecule has 2 aromatic rings. The van der Waals surface area contributed by atoms with Gasteiger partial charge in [0.1, 0.15) is 5.56 Å². The summed E-state index contributed by atoms with van der Waals surface area (Å²) < 4.78 is 1.93. The minimum Gasteiger partial charge on any atom is -0.352 e. The molecule has 1 aromatic carbocycles. The average Bonchev–Trinajstić information content (AvgIpc) is 2.40. The highest BCUT2D eigenvalue weighted by atomic mass is 16.2. The lowest BCUT2D eigenvalue weighted by Gasteiger charge is -2.11. The van der Waals surface area contributed by atoms with Crippen LogP contribution in [0.15, 0.2) is 29.2 Å². The van der Waals surface area contributed by atoms with E-state index in [4.69, 9.17) is 0 Å². The number of hydrogen-bond acceptors (Lipinski definition) is 2. The lowest BCUT2D eigenvalue weighted by molar-refractivity contribution is 0.0954. The maximum absolute atomic E-state index is 12.4. The molecule has 1 amide bonds. The minimum absolute atomic E-state index is 0.200. The molecule has 0 saturated carbocycles. The average molecular weight is 258 g/mol. The van der Waals surface area contributed by atoms with Gasteiger partial charge in [0.05, 0.1) is 5.52 Å². The highest BCUT2D eigenvalue weighted by Crippen LogP contribution is 2.14. The normalized spacial score (nSPS) is 10.7. The molecule has 0 unspecified atom stereocenters. The Morgan fingerprint density at radius 3 is 2.68 bits per heavy atom. The largest absolute Gasteiger partial charge is 0.352 e. The lowest BCUT2D eigenvalue weighted by Crippen LogP contribution is -2.29. The molecule has 100 valence electrons. The molecule has 2 rings (SSSR count). The van der Waals surface area contributed by atoms with E-state index in [-0.39, 0.29) is 16.9 Å². The first-order chi connectivity index (χ1) is 9.08. The van der Waals surface area contributed by atoms with E-state index in [0.29, 0.717) is 18.5 Å². The number of carbonyl (C=O) groups excluding carboxylic acids is 1. The maximum atomic E-state index is 12.4. The third-order valence-corrected chi connectivity index (χ3v) is 3.16. The van der Waals surface area contributed by atoms with Crippen LogP contribution >= 0.6 is 0 Å². The Bertz CT molecular complexity index is 686. The van der Waals surface area contributed by atoms with E-state index in [2.05, 4.69) is 5.32 Å².